The van der Waals surface area contributed by atoms with Gasteiger partial charge in [0.2, 0.25) is 0 Å². The van der Waals surface area contributed by atoms with Crippen LogP contribution in [0.3, 0.4) is 0 Å². The number of hydrogen-bond donors (Lipinski definition) is 3. The molecule has 4 rings (SSSR count). The first kappa shape index (κ1) is 17.8. The highest BCUT2D eigenvalue weighted by atomic mass is 35.5. The Morgan fingerprint density at radius 2 is 2.04 bits per heavy atom. The third kappa shape index (κ3) is 3.91. The van der Waals surface area contributed by atoms with Crippen LogP contribution in [0.1, 0.15) is 12.8 Å². The molecule has 1 saturated heterocycles. The van der Waals surface area contributed by atoms with Crippen molar-refractivity contribution in [1.29, 1.82) is 0 Å². The molecule has 27 heavy (non-hydrogen) atoms. The molecule has 0 spiro atoms. The van der Waals surface area contributed by atoms with Gasteiger partial charge in [-0.15, -0.1) is 0 Å². The number of nitrogens with one attached hydrogen (secondary N) is 3. The van der Waals surface area contributed by atoms with E-state index in [2.05, 4.69) is 30.8 Å². The van der Waals surface area contributed by atoms with Crippen molar-refractivity contribution in [1.82, 2.24) is 25.1 Å². The van der Waals surface area contributed by atoms with Crippen LogP contribution in [0.2, 0.25) is 10.0 Å². The Balaban J connectivity index is 1.34. The van der Waals surface area contributed by atoms with Gasteiger partial charge >= 0.3 is 6.03 Å². The maximum atomic E-state index is 12.5. The first-order valence-corrected chi connectivity index (χ1v) is 9.27. The molecular formula is C17H17Cl2N7O. The molecule has 0 saturated carbocycles. The van der Waals surface area contributed by atoms with Crippen molar-refractivity contribution >= 4 is 51.8 Å². The third-order valence-electron chi connectivity index (χ3n) is 4.54. The normalized spacial score (nSPS) is 15.1. The molecule has 0 radical (unpaired) electrons. The predicted molar refractivity (Wildman–Crippen MR) is 105 cm³/mol. The number of hydrogen-bond acceptors (Lipinski definition) is 5. The van der Waals surface area contributed by atoms with Gasteiger partial charge in [-0.3, -0.25) is 5.10 Å². The summed E-state index contributed by atoms with van der Waals surface area (Å²) in [5.74, 6) is 0.754. The van der Waals surface area contributed by atoms with Gasteiger partial charge in [0.1, 0.15) is 12.1 Å². The van der Waals surface area contributed by atoms with E-state index in [0.29, 0.717) is 34.5 Å². The zero-order valence-corrected chi connectivity index (χ0v) is 15.8. The van der Waals surface area contributed by atoms with Crippen LogP contribution in [-0.2, 0) is 0 Å². The highest BCUT2D eigenvalue weighted by Crippen LogP contribution is 2.26. The molecule has 2 amide bonds. The Labute approximate surface area is 165 Å². The fourth-order valence-corrected chi connectivity index (χ4v) is 3.54. The monoisotopic (exact) mass is 405 g/mol. The molecule has 1 aromatic carbocycles. The highest BCUT2D eigenvalue weighted by molar-refractivity contribution is 6.36. The van der Waals surface area contributed by atoms with Gasteiger partial charge in [-0.2, -0.15) is 5.10 Å². The van der Waals surface area contributed by atoms with Gasteiger partial charge in [-0.25, -0.2) is 14.8 Å². The van der Waals surface area contributed by atoms with E-state index < -0.39 is 0 Å². The number of aromatic nitrogens is 4. The second kappa shape index (κ2) is 7.58. The second-order valence-corrected chi connectivity index (χ2v) is 7.16. The zero-order chi connectivity index (χ0) is 18.8. The summed E-state index contributed by atoms with van der Waals surface area (Å²) in [6.45, 7) is 1.27. The van der Waals surface area contributed by atoms with E-state index in [9.17, 15) is 4.79 Å². The summed E-state index contributed by atoms with van der Waals surface area (Å²) in [6.07, 6.45) is 4.83. The summed E-state index contributed by atoms with van der Waals surface area (Å²) in [6, 6.07) is 5.05. The minimum Gasteiger partial charge on any atom is -0.366 e. The molecule has 3 N–H and O–H groups in total. The summed E-state index contributed by atoms with van der Waals surface area (Å²) in [5.41, 5.74) is 1.25. The highest BCUT2D eigenvalue weighted by Gasteiger charge is 2.24. The summed E-state index contributed by atoms with van der Waals surface area (Å²) in [4.78, 5) is 22.7. The lowest BCUT2D eigenvalue weighted by Gasteiger charge is -2.32. The lowest BCUT2D eigenvalue weighted by Crippen LogP contribution is -2.44. The average Bonchev–Trinajstić information content (AvgIpc) is 3.14. The number of anilines is 2. The smallest absolute Gasteiger partial charge is 0.321 e. The van der Waals surface area contributed by atoms with Crippen molar-refractivity contribution in [3.63, 3.8) is 0 Å². The number of likely N-dealkylation sites (tertiary alicyclic amines) is 1. The summed E-state index contributed by atoms with van der Waals surface area (Å²) in [7, 11) is 0. The molecule has 10 heteroatoms. The van der Waals surface area contributed by atoms with Crippen LogP contribution in [0.4, 0.5) is 16.3 Å². The van der Waals surface area contributed by atoms with Crippen molar-refractivity contribution in [3.05, 3.63) is 40.8 Å². The SMILES string of the molecule is O=C(Nc1ccc(Cl)cc1Cl)N1CCC(Nc2ncnc3[nH]ncc23)CC1. The van der Waals surface area contributed by atoms with Crippen molar-refractivity contribution in [2.45, 2.75) is 18.9 Å². The summed E-state index contributed by atoms with van der Waals surface area (Å²) < 4.78 is 0. The topological polar surface area (TPSA) is 98.8 Å². The third-order valence-corrected chi connectivity index (χ3v) is 5.09. The Morgan fingerprint density at radius 1 is 1.22 bits per heavy atom. The van der Waals surface area contributed by atoms with Gasteiger partial charge in [0.25, 0.3) is 0 Å². The molecule has 1 aliphatic rings. The fraction of sp³-hybridized carbons (Fsp3) is 0.294. The summed E-state index contributed by atoms with van der Waals surface area (Å²) >= 11 is 12.0. The number of amides is 2. The zero-order valence-electron chi connectivity index (χ0n) is 14.2. The van der Waals surface area contributed by atoms with Crippen molar-refractivity contribution in [3.8, 4) is 0 Å². The number of carbonyl (C=O) groups excluding carboxylic acids is 1. The van der Waals surface area contributed by atoms with Crippen LogP contribution in [0.15, 0.2) is 30.7 Å². The number of urea groups is 1. The predicted octanol–water partition coefficient (Wildman–Crippen LogP) is 3.77. The summed E-state index contributed by atoms with van der Waals surface area (Å²) in [5, 5.41) is 14.9. The Bertz CT molecular complexity index is 969. The quantitative estimate of drug-likeness (QED) is 0.615. The number of rotatable bonds is 3. The van der Waals surface area contributed by atoms with E-state index in [-0.39, 0.29) is 12.1 Å². The minimum atomic E-state index is -0.170. The average molecular weight is 406 g/mol. The molecule has 2 aromatic heterocycles. The number of benzene rings is 1. The van der Waals surface area contributed by atoms with Crippen LogP contribution >= 0.6 is 23.2 Å². The van der Waals surface area contributed by atoms with E-state index in [1.807, 2.05) is 0 Å². The van der Waals surface area contributed by atoms with Crippen molar-refractivity contribution < 1.29 is 4.79 Å². The van der Waals surface area contributed by atoms with Gasteiger partial charge in [-0.1, -0.05) is 23.2 Å². The Hall–Kier alpha value is -2.58. The number of nitrogens with zero attached hydrogens (tertiary/aromatic N) is 4. The molecule has 0 unspecified atom stereocenters. The van der Waals surface area contributed by atoms with Gasteiger partial charge in [0.15, 0.2) is 5.65 Å². The maximum Gasteiger partial charge on any atom is 0.321 e. The second-order valence-electron chi connectivity index (χ2n) is 6.31. The molecule has 1 aliphatic heterocycles. The molecule has 3 heterocycles. The minimum absolute atomic E-state index is 0.170. The largest absolute Gasteiger partial charge is 0.366 e. The molecule has 0 aliphatic carbocycles. The van der Waals surface area contributed by atoms with E-state index in [1.165, 1.54) is 6.33 Å². The molecule has 8 nitrogen and oxygen atoms in total. The van der Waals surface area contributed by atoms with E-state index >= 15 is 0 Å². The van der Waals surface area contributed by atoms with Crippen LogP contribution in [-0.4, -0.2) is 50.2 Å². The van der Waals surface area contributed by atoms with Crippen molar-refractivity contribution in [2.75, 3.05) is 23.7 Å². The van der Waals surface area contributed by atoms with Crippen molar-refractivity contribution in [2.24, 2.45) is 0 Å². The van der Waals surface area contributed by atoms with Gasteiger partial charge in [0, 0.05) is 24.2 Å². The van der Waals surface area contributed by atoms with Crippen LogP contribution in [0, 0.1) is 0 Å². The molecule has 1 fully saturated rings. The lowest BCUT2D eigenvalue weighted by molar-refractivity contribution is 0.197. The molecule has 140 valence electrons. The first-order chi connectivity index (χ1) is 13.1. The standard InChI is InChI=1S/C17H17Cl2N7O/c18-10-1-2-14(13(19)7-10)24-17(27)26-5-3-11(4-6-26)23-15-12-8-22-25-16(12)21-9-20-15/h1-2,7-9,11H,3-6H2,(H,24,27)(H2,20,21,22,23,25). The Morgan fingerprint density at radius 3 is 2.81 bits per heavy atom. The molecule has 0 bridgehead atoms. The number of fused-ring (bicyclic) bond motifs is 1. The lowest BCUT2D eigenvalue weighted by atomic mass is 10.1. The van der Waals surface area contributed by atoms with Gasteiger partial charge in [-0.05, 0) is 31.0 Å². The van der Waals surface area contributed by atoms with E-state index in [4.69, 9.17) is 23.2 Å². The number of piperidine rings is 1. The molecular weight excluding hydrogens is 389 g/mol. The van der Waals surface area contributed by atoms with Crippen LogP contribution in [0.25, 0.3) is 11.0 Å². The van der Waals surface area contributed by atoms with Crippen LogP contribution < -0.4 is 10.6 Å². The van der Waals surface area contributed by atoms with E-state index in [0.717, 1.165) is 24.0 Å². The molecule has 0 atom stereocenters. The molecule has 3 aromatic rings. The maximum absolute atomic E-state index is 12.5. The Kier molecular flexibility index (Phi) is 5.00. The van der Waals surface area contributed by atoms with Gasteiger partial charge < -0.3 is 15.5 Å². The number of halogens is 2. The number of carbonyl (C=O) groups is 1. The number of H-pyrrole nitrogens is 1. The van der Waals surface area contributed by atoms with Crippen LogP contribution in [0.5, 0.6) is 0 Å². The fourth-order valence-electron chi connectivity index (χ4n) is 3.09. The van der Waals surface area contributed by atoms with Gasteiger partial charge in [0.05, 0.1) is 22.3 Å². The number of aromatic amines is 1. The van der Waals surface area contributed by atoms with E-state index in [1.54, 1.807) is 29.3 Å². The first-order valence-electron chi connectivity index (χ1n) is 8.52.